The van der Waals surface area contributed by atoms with E-state index in [4.69, 9.17) is 0 Å². The van der Waals surface area contributed by atoms with Gasteiger partial charge in [0.15, 0.2) is 5.82 Å². The summed E-state index contributed by atoms with van der Waals surface area (Å²) >= 11 is 0. The lowest BCUT2D eigenvalue weighted by Crippen LogP contribution is -2.14. The first-order valence-electron chi connectivity index (χ1n) is 9.72. The lowest BCUT2D eigenvalue weighted by Gasteiger charge is -2.20. The number of carbonyl (C=O) groups excluding carboxylic acids is 1. The normalized spacial score (nSPS) is 15.3. The molecule has 0 spiro atoms. The number of hydrogen-bond donors (Lipinski definition) is 3. The molecule has 0 aliphatic heterocycles. The number of nitrogens with one attached hydrogen (secondary N) is 3. The van der Waals surface area contributed by atoms with E-state index in [1.54, 1.807) is 22.8 Å². The number of amides is 1. The van der Waals surface area contributed by atoms with Crippen LogP contribution in [0.25, 0.3) is 11.0 Å². The second-order valence-corrected chi connectivity index (χ2v) is 7.35. The molecule has 1 fully saturated rings. The highest BCUT2D eigenvalue weighted by Crippen LogP contribution is 2.26. The summed E-state index contributed by atoms with van der Waals surface area (Å²) in [6, 6.07) is 7.14. The maximum absolute atomic E-state index is 12.6. The van der Waals surface area contributed by atoms with Crippen molar-refractivity contribution in [1.82, 2.24) is 19.7 Å². The first-order valence-corrected chi connectivity index (χ1v) is 9.72. The molecule has 7 heteroatoms. The lowest BCUT2D eigenvalue weighted by molar-refractivity contribution is 0.102. The van der Waals surface area contributed by atoms with Crippen molar-refractivity contribution in [3.05, 3.63) is 46.0 Å². The molecule has 3 aromatic rings. The smallest absolute Gasteiger partial charge is 0.306 e. The van der Waals surface area contributed by atoms with Crippen molar-refractivity contribution in [3.8, 4) is 0 Å². The second-order valence-electron chi connectivity index (χ2n) is 7.35. The van der Waals surface area contributed by atoms with Gasteiger partial charge in [0, 0.05) is 23.9 Å². The third-order valence-corrected chi connectivity index (χ3v) is 5.46. The van der Waals surface area contributed by atoms with Crippen LogP contribution >= 0.6 is 0 Å². The van der Waals surface area contributed by atoms with Gasteiger partial charge < -0.3 is 10.3 Å². The summed E-state index contributed by atoms with van der Waals surface area (Å²) in [5.74, 6) is 1.01. The minimum absolute atomic E-state index is 0.162. The van der Waals surface area contributed by atoms with Crippen molar-refractivity contribution in [2.45, 2.75) is 52.0 Å². The Morgan fingerprint density at radius 2 is 2.07 bits per heavy atom. The van der Waals surface area contributed by atoms with Gasteiger partial charge in [-0.15, -0.1) is 0 Å². The van der Waals surface area contributed by atoms with Crippen LogP contribution < -0.4 is 11.0 Å². The summed E-state index contributed by atoms with van der Waals surface area (Å²) in [5.41, 5.74) is 2.86. The van der Waals surface area contributed by atoms with Crippen molar-refractivity contribution in [2.75, 3.05) is 5.32 Å². The summed E-state index contributed by atoms with van der Waals surface area (Å²) in [7, 11) is 0. The molecule has 1 aliphatic carbocycles. The van der Waals surface area contributed by atoms with Crippen molar-refractivity contribution in [2.24, 2.45) is 5.92 Å². The van der Waals surface area contributed by atoms with E-state index in [-0.39, 0.29) is 11.6 Å². The zero-order valence-electron chi connectivity index (χ0n) is 15.5. The largest absolute Gasteiger partial charge is 0.326 e. The fraction of sp³-hybridized carbons (Fsp3) is 0.450. The molecule has 0 saturated heterocycles. The number of carbonyl (C=O) groups is 1. The predicted octanol–water partition coefficient (Wildman–Crippen LogP) is 3.45. The fourth-order valence-corrected chi connectivity index (χ4v) is 4.04. The van der Waals surface area contributed by atoms with Gasteiger partial charge in [-0.3, -0.25) is 14.5 Å². The Kier molecular flexibility index (Phi) is 4.83. The van der Waals surface area contributed by atoms with Crippen LogP contribution in [0.3, 0.4) is 0 Å². The maximum atomic E-state index is 12.6. The van der Waals surface area contributed by atoms with Gasteiger partial charge >= 0.3 is 5.69 Å². The van der Waals surface area contributed by atoms with E-state index in [9.17, 15) is 9.59 Å². The van der Waals surface area contributed by atoms with Crippen LogP contribution in [0, 0.1) is 5.92 Å². The molecule has 1 aliphatic rings. The van der Waals surface area contributed by atoms with Crippen LogP contribution in [0.5, 0.6) is 0 Å². The summed E-state index contributed by atoms with van der Waals surface area (Å²) in [5, 5.41) is 10.1. The molecule has 0 bridgehead atoms. The Balaban J connectivity index is 1.46. The summed E-state index contributed by atoms with van der Waals surface area (Å²) in [6.45, 7) is 2.50. The number of benzene rings is 1. The Morgan fingerprint density at radius 1 is 1.26 bits per heavy atom. The number of rotatable bonds is 5. The van der Waals surface area contributed by atoms with Crippen LogP contribution in [0.1, 0.15) is 55.1 Å². The third kappa shape index (κ3) is 3.67. The number of aromatic amines is 2. The number of hydrogen-bond acceptors (Lipinski definition) is 3. The molecule has 142 valence electrons. The molecule has 27 heavy (non-hydrogen) atoms. The Morgan fingerprint density at radius 3 is 2.85 bits per heavy atom. The minimum Gasteiger partial charge on any atom is -0.306 e. The molecular weight excluding hydrogens is 342 g/mol. The molecule has 1 aromatic carbocycles. The average molecular weight is 367 g/mol. The van der Waals surface area contributed by atoms with Gasteiger partial charge in [0.25, 0.3) is 5.91 Å². The van der Waals surface area contributed by atoms with Gasteiger partial charge in [-0.05, 0) is 37.5 Å². The van der Waals surface area contributed by atoms with Crippen LogP contribution in [0.15, 0.2) is 29.1 Å². The first-order chi connectivity index (χ1) is 13.1. The van der Waals surface area contributed by atoms with Crippen molar-refractivity contribution in [3.63, 3.8) is 0 Å². The van der Waals surface area contributed by atoms with Crippen molar-refractivity contribution >= 4 is 22.8 Å². The number of imidazole rings is 1. The van der Waals surface area contributed by atoms with Crippen LogP contribution in [-0.2, 0) is 13.0 Å². The predicted molar refractivity (Wildman–Crippen MR) is 105 cm³/mol. The quantitative estimate of drug-likeness (QED) is 0.644. The summed E-state index contributed by atoms with van der Waals surface area (Å²) < 4.78 is 1.64. The second kappa shape index (κ2) is 7.42. The highest BCUT2D eigenvalue weighted by molar-refractivity contribution is 6.05. The Bertz CT molecular complexity index is 1010. The molecule has 0 unspecified atom stereocenters. The molecule has 3 N–H and O–H groups in total. The van der Waals surface area contributed by atoms with Gasteiger partial charge in [0.05, 0.1) is 11.0 Å². The zero-order valence-corrected chi connectivity index (χ0v) is 15.5. The first kappa shape index (κ1) is 17.6. The molecule has 4 rings (SSSR count). The third-order valence-electron chi connectivity index (χ3n) is 5.46. The molecule has 2 heterocycles. The standard InChI is InChI=1S/C20H25N5O2/c1-2-25-17-9-8-14(11-16(17)21-20(25)27)19(26)22-18-12-15(23-24-18)10-13-6-4-3-5-7-13/h8-9,11-13H,2-7,10H2,1H3,(H,21,27)(H2,22,23,24,26). The van der Waals surface area contributed by atoms with Crippen LogP contribution in [0.2, 0.25) is 0 Å². The molecule has 1 saturated carbocycles. The number of aryl methyl sites for hydroxylation is 1. The molecule has 2 aromatic heterocycles. The monoisotopic (exact) mass is 367 g/mol. The van der Waals surface area contributed by atoms with E-state index in [1.165, 1.54) is 32.1 Å². The van der Waals surface area contributed by atoms with Crippen LogP contribution in [0.4, 0.5) is 5.82 Å². The number of nitrogens with zero attached hydrogens (tertiary/aromatic N) is 2. The molecule has 0 radical (unpaired) electrons. The molecule has 7 nitrogen and oxygen atoms in total. The van der Waals surface area contributed by atoms with Gasteiger partial charge in [0.2, 0.25) is 0 Å². The van der Waals surface area contributed by atoms with E-state index >= 15 is 0 Å². The van der Waals surface area contributed by atoms with E-state index < -0.39 is 0 Å². The SMILES string of the molecule is CCn1c(=O)[nH]c2cc(C(=O)Nc3cc(CC4CCCCC4)[nH]n3)ccc21. The highest BCUT2D eigenvalue weighted by Gasteiger charge is 2.16. The van der Waals surface area contributed by atoms with Crippen molar-refractivity contribution < 1.29 is 4.79 Å². The minimum atomic E-state index is -0.238. The number of aromatic nitrogens is 4. The summed E-state index contributed by atoms with van der Waals surface area (Å²) in [4.78, 5) is 27.2. The van der Waals surface area contributed by atoms with Gasteiger partial charge in [0.1, 0.15) is 0 Å². The van der Waals surface area contributed by atoms with E-state index in [1.807, 2.05) is 13.0 Å². The van der Waals surface area contributed by atoms with E-state index in [2.05, 4.69) is 20.5 Å². The highest BCUT2D eigenvalue weighted by atomic mass is 16.2. The van der Waals surface area contributed by atoms with Gasteiger partial charge in [-0.2, -0.15) is 5.10 Å². The topological polar surface area (TPSA) is 95.6 Å². The Hall–Kier alpha value is -2.83. The zero-order chi connectivity index (χ0) is 18.8. The maximum Gasteiger partial charge on any atom is 0.326 e. The van der Waals surface area contributed by atoms with Gasteiger partial charge in [-0.1, -0.05) is 32.1 Å². The number of fused-ring (bicyclic) bond motifs is 1. The Labute approximate surface area is 157 Å². The number of H-pyrrole nitrogens is 2. The lowest BCUT2D eigenvalue weighted by atomic mass is 9.86. The number of anilines is 1. The van der Waals surface area contributed by atoms with Crippen LogP contribution in [-0.4, -0.2) is 25.7 Å². The van der Waals surface area contributed by atoms with E-state index in [0.717, 1.165) is 17.6 Å². The average Bonchev–Trinajstić information content (AvgIpc) is 3.24. The molecular formula is C20H25N5O2. The fourth-order valence-electron chi connectivity index (χ4n) is 4.04. The van der Waals surface area contributed by atoms with E-state index in [0.29, 0.717) is 29.4 Å². The molecule has 1 amide bonds. The molecule has 0 atom stereocenters. The summed E-state index contributed by atoms with van der Waals surface area (Å²) in [6.07, 6.45) is 7.50. The van der Waals surface area contributed by atoms with Gasteiger partial charge in [-0.25, -0.2) is 4.79 Å². The van der Waals surface area contributed by atoms with Crippen molar-refractivity contribution in [1.29, 1.82) is 0 Å².